The Morgan fingerprint density at radius 3 is 2.26 bits per heavy atom. The molecule has 0 spiro atoms. The maximum Gasteiger partial charge on any atom is 0.259 e. The molecule has 5 heteroatoms. The molecule has 1 saturated carbocycles. The van der Waals surface area contributed by atoms with E-state index < -0.39 is 23.1 Å². The number of benzene rings is 1. The van der Waals surface area contributed by atoms with Crippen molar-refractivity contribution in [3.63, 3.8) is 0 Å². The molecule has 1 aromatic carbocycles. The van der Waals surface area contributed by atoms with Crippen molar-refractivity contribution in [2.45, 2.75) is 31.7 Å². The van der Waals surface area contributed by atoms with Crippen molar-refractivity contribution in [2.75, 3.05) is 7.05 Å². The first-order chi connectivity index (χ1) is 9.00. The van der Waals surface area contributed by atoms with E-state index >= 15 is 0 Å². The summed E-state index contributed by atoms with van der Waals surface area (Å²) >= 11 is 0. The largest absolute Gasteiger partial charge is 0.339 e. The second-order valence-corrected chi connectivity index (χ2v) is 4.78. The molecule has 0 saturated heterocycles. The van der Waals surface area contributed by atoms with Crippen LogP contribution in [0.15, 0.2) is 18.2 Å². The lowest BCUT2D eigenvalue weighted by molar-refractivity contribution is -0.121. The van der Waals surface area contributed by atoms with Crippen LogP contribution in [0.3, 0.4) is 0 Å². The zero-order valence-electron chi connectivity index (χ0n) is 10.7. The third-order valence-electron chi connectivity index (χ3n) is 3.56. The second-order valence-electron chi connectivity index (χ2n) is 4.78. The molecular weight excluding hydrogens is 252 g/mol. The van der Waals surface area contributed by atoms with E-state index in [1.807, 2.05) is 0 Å². The quantitative estimate of drug-likeness (QED) is 0.825. The van der Waals surface area contributed by atoms with E-state index in [1.54, 1.807) is 0 Å². The van der Waals surface area contributed by atoms with Gasteiger partial charge in [0.1, 0.15) is 23.0 Å². The van der Waals surface area contributed by atoms with Crippen LogP contribution in [0.5, 0.6) is 0 Å². The fraction of sp³-hybridized carbons (Fsp3) is 0.429. The number of Topliss-reactive ketones (excluding diaryl/α,β-unsaturated/α-hetero) is 1. The minimum atomic E-state index is -0.858. The average Bonchev–Trinajstić information content (AvgIpc) is 2.38. The molecule has 1 aliphatic rings. The Balaban J connectivity index is 2.17. The highest BCUT2D eigenvalue weighted by Gasteiger charge is 2.28. The van der Waals surface area contributed by atoms with Crippen molar-refractivity contribution in [3.8, 4) is 0 Å². The molecule has 1 fully saturated rings. The molecule has 0 heterocycles. The van der Waals surface area contributed by atoms with Crippen molar-refractivity contribution in [3.05, 3.63) is 35.4 Å². The van der Waals surface area contributed by atoms with E-state index in [0.717, 1.165) is 12.1 Å². The Hall–Kier alpha value is -1.78. The van der Waals surface area contributed by atoms with Gasteiger partial charge in [-0.2, -0.15) is 0 Å². The van der Waals surface area contributed by atoms with Crippen LogP contribution in [0.4, 0.5) is 8.78 Å². The number of hydrogen-bond donors (Lipinski definition) is 0. The van der Waals surface area contributed by atoms with Gasteiger partial charge in [-0.15, -0.1) is 0 Å². The average molecular weight is 267 g/mol. The Morgan fingerprint density at radius 1 is 1.21 bits per heavy atom. The van der Waals surface area contributed by atoms with Crippen LogP contribution < -0.4 is 0 Å². The van der Waals surface area contributed by atoms with Crippen LogP contribution in [0.2, 0.25) is 0 Å². The first kappa shape index (κ1) is 13.6. The van der Waals surface area contributed by atoms with Gasteiger partial charge in [-0.05, 0) is 25.0 Å². The Morgan fingerprint density at radius 2 is 1.74 bits per heavy atom. The van der Waals surface area contributed by atoms with Crippen LogP contribution >= 0.6 is 0 Å². The smallest absolute Gasteiger partial charge is 0.259 e. The predicted molar refractivity (Wildman–Crippen MR) is 65.7 cm³/mol. The number of nitrogens with zero attached hydrogens (tertiary/aromatic N) is 1. The molecule has 102 valence electrons. The lowest BCUT2D eigenvalue weighted by Crippen LogP contribution is -2.40. The zero-order valence-corrected chi connectivity index (χ0v) is 10.7. The second kappa shape index (κ2) is 5.47. The topological polar surface area (TPSA) is 37.4 Å². The van der Waals surface area contributed by atoms with Crippen molar-refractivity contribution >= 4 is 11.7 Å². The molecule has 1 aromatic rings. The maximum atomic E-state index is 13.5. The molecule has 19 heavy (non-hydrogen) atoms. The summed E-state index contributed by atoms with van der Waals surface area (Å²) in [5, 5.41) is 0. The third-order valence-corrected chi connectivity index (χ3v) is 3.56. The van der Waals surface area contributed by atoms with Gasteiger partial charge in [-0.3, -0.25) is 9.59 Å². The van der Waals surface area contributed by atoms with E-state index in [1.165, 1.54) is 18.0 Å². The number of hydrogen-bond acceptors (Lipinski definition) is 2. The maximum absolute atomic E-state index is 13.5. The van der Waals surface area contributed by atoms with Crippen molar-refractivity contribution in [2.24, 2.45) is 0 Å². The Kier molecular flexibility index (Phi) is 3.93. The van der Waals surface area contributed by atoms with E-state index in [4.69, 9.17) is 0 Å². The third kappa shape index (κ3) is 2.80. The number of carbonyl (C=O) groups is 2. The molecule has 1 amide bonds. The molecule has 0 N–H and O–H groups in total. The van der Waals surface area contributed by atoms with E-state index in [-0.39, 0.29) is 11.8 Å². The summed E-state index contributed by atoms with van der Waals surface area (Å²) in [5.74, 6) is -2.21. The first-order valence-corrected chi connectivity index (χ1v) is 6.23. The highest BCUT2D eigenvalue weighted by atomic mass is 19.1. The van der Waals surface area contributed by atoms with E-state index in [0.29, 0.717) is 25.7 Å². The lowest BCUT2D eigenvalue weighted by Gasteiger charge is -2.30. The van der Waals surface area contributed by atoms with Gasteiger partial charge in [0, 0.05) is 25.9 Å². The zero-order chi connectivity index (χ0) is 14.0. The number of rotatable bonds is 2. The van der Waals surface area contributed by atoms with Gasteiger partial charge in [-0.25, -0.2) is 8.78 Å². The van der Waals surface area contributed by atoms with Crippen LogP contribution in [0.1, 0.15) is 36.0 Å². The number of carbonyl (C=O) groups excluding carboxylic acids is 2. The lowest BCUT2D eigenvalue weighted by atomic mass is 9.93. The summed E-state index contributed by atoms with van der Waals surface area (Å²) in [4.78, 5) is 24.6. The standard InChI is InChI=1S/C14H15F2NO2/c1-17(9-5-7-10(18)8-6-9)14(19)13-11(15)3-2-4-12(13)16/h2-4,9H,5-8H2,1H3. The van der Waals surface area contributed by atoms with Gasteiger partial charge >= 0.3 is 0 Å². The van der Waals surface area contributed by atoms with Crippen molar-refractivity contribution in [1.29, 1.82) is 0 Å². The summed E-state index contributed by atoms with van der Waals surface area (Å²) in [6, 6.07) is 3.22. The summed E-state index contributed by atoms with van der Waals surface area (Å²) < 4.78 is 27.1. The predicted octanol–water partition coefficient (Wildman–Crippen LogP) is 2.55. The molecule has 0 atom stereocenters. The fourth-order valence-corrected chi connectivity index (χ4v) is 2.36. The molecule has 3 nitrogen and oxygen atoms in total. The van der Waals surface area contributed by atoms with Crippen molar-refractivity contribution in [1.82, 2.24) is 4.90 Å². The Bertz CT molecular complexity index is 486. The van der Waals surface area contributed by atoms with Crippen LogP contribution in [-0.4, -0.2) is 29.7 Å². The minimum absolute atomic E-state index is 0.135. The SMILES string of the molecule is CN(C(=O)c1c(F)cccc1F)C1CCC(=O)CC1. The summed E-state index contributed by atoms with van der Waals surface area (Å²) in [5.41, 5.74) is -0.526. The van der Waals surface area contributed by atoms with E-state index in [2.05, 4.69) is 0 Å². The van der Waals surface area contributed by atoms with Gasteiger partial charge in [0.05, 0.1) is 0 Å². The first-order valence-electron chi connectivity index (χ1n) is 6.23. The molecule has 2 rings (SSSR count). The molecule has 0 aromatic heterocycles. The monoisotopic (exact) mass is 267 g/mol. The highest BCUT2D eigenvalue weighted by Crippen LogP contribution is 2.22. The number of halogens is 2. The summed E-state index contributed by atoms with van der Waals surface area (Å²) in [7, 11) is 1.52. The van der Waals surface area contributed by atoms with Crippen molar-refractivity contribution < 1.29 is 18.4 Å². The van der Waals surface area contributed by atoms with Gasteiger partial charge < -0.3 is 4.90 Å². The minimum Gasteiger partial charge on any atom is -0.339 e. The molecule has 0 aliphatic heterocycles. The van der Waals surface area contributed by atoms with Gasteiger partial charge in [0.15, 0.2) is 0 Å². The summed E-state index contributed by atoms with van der Waals surface area (Å²) in [6.07, 6.45) is 1.94. The van der Waals surface area contributed by atoms with Crippen LogP contribution in [-0.2, 0) is 4.79 Å². The summed E-state index contributed by atoms with van der Waals surface area (Å²) in [6.45, 7) is 0. The normalized spacial score (nSPS) is 16.5. The molecule has 0 bridgehead atoms. The van der Waals surface area contributed by atoms with E-state index in [9.17, 15) is 18.4 Å². The fourth-order valence-electron chi connectivity index (χ4n) is 2.36. The molecule has 0 radical (unpaired) electrons. The Labute approximate surface area is 110 Å². The van der Waals surface area contributed by atoms with Gasteiger partial charge in [0.2, 0.25) is 0 Å². The number of amides is 1. The van der Waals surface area contributed by atoms with Crippen LogP contribution in [0.25, 0.3) is 0 Å². The molecule has 1 aliphatic carbocycles. The van der Waals surface area contributed by atoms with Gasteiger partial charge in [-0.1, -0.05) is 6.07 Å². The highest BCUT2D eigenvalue weighted by molar-refractivity contribution is 5.95. The number of ketones is 1. The molecular formula is C14H15F2NO2. The van der Waals surface area contributed by atoms with Gasteiger partial charge in [0.25, 0.3) is 5.91 Å². The molecule has 0 unspecified atom stereocenters. The van der Waals surface area contributed by atoms with Crippen LogP contribution in [0, 0.1) is 11.6 Å².